The number of esters is 1. The second-order valence-electron chi connectivity index (χ2n) is 7.27. The predicted molar refractivity (Wildman–Crippen MR) is 104 cm³/mol. The number of aryl methyl sites for hydroxylation is 1. The standard InChI is InChI=1S/C20H23ClN2O6/c1-11-7-15(16(28-2)8-14(11)21)22-17(24)10-29-18(25)9-23-19(26)12-5-3-4-6-13(12)20(23)27/h7-8,12-13H,3-6,9-10H2,1-2H3,(H,22,24)/t12-,13+. The largest absolute Gasteiger partial charge is 0.495 e. The maximum atomic E-state index is 12.4. The quantitative estimate of drug-likeness (QED) is 0.557. The number of imide groups is 1. The minimum absolute atomic E-state index is 0.317. The van der Waals surface area contributed by atoms with Crippen LogP contribution >= 0.6 is 11.6 Å². The van der Waals surface area contributed by atoms with E-state index in [1.54, 1.807) is 19.1 Å². The van der Waals surface area contributed by atoms with Gasteiger partial charge in [-0.25, -0.2) is 0 Å². The van der Waals surface area contributed by atoms with E-state index in [1.165, 1.54) is 7.11 Å². The number of benzene rings is 1. The Morgan fingerprint density at radius 3 is 2.38 bits per heavy atom. The summed E-state index contributed by atoms with van der Waals surface area (Å²) in [6, 6.07) is 3.22. The van der Waals surface area contributed by atoms with E-state index >= 15 is 0 Å². The van der Waals surface area contributed by atoms with E-state index in [4.69, 9.17) is 21.1 Å². The van der Waals surface area contributed by atoms with E-state index in [0.29, 0.717) is 29.3 Å². The highest BCUT2D eigenvalue weighted by Gasteiger charge is 2.48. The van der Waals surface area contributed by atoms with E-state index in [9.17, 15) is 19.2 Å². The van der Waals surface area contributed by atoms with Crippen LogP contribution < -0.4 is 10.1 Å². The van der Waals surface area contributed by atoms with E-state index < -0.39 is 25.0 Å². The Kier molecular flexibility index (Phi) is 6.42. The van der Waals surface area contributed by atoms with Crippen molar-refractivity contribution in [3.05, 3.63) is 22.7 Å². The number of rotatable bonds is 6. The van der Waals surface area contributed by atoms with Crippen molar-refractivity contribution in [2.24, 2.45) is 11.8 Å². The second-order valence-corrected chi connectivity index (χ2v) is 7.68. The number of hydrogen-bond acceptors (Lipinski definition) is 6. The molecule has 2 atom stereocenters. The molecule has 1 N–H and O–H groups in total. The lowest BCUT2D eigenvalue weighted by atomic mass is 9.81. The van der Waals surface area contributed by atoms with Crippen LogP contribution in [0.5, 0.6) is 5.75 Å². The van der Waals surface area contributed by atoms with Crippen molar-refractivity contribution in [2.45, 2.75) is 32.6 Å². The first-order valence-corrected chi connectivity index (χ1v) is 9.84. The monoisotopic (exact) mass is 422 g/mol. The number of likely N-dealkylation sites (tertiary alicyclic amines) is 1. The molecule has 3 rings (SSSR count). The molecule has 1 aromatic carbocycles. The lowest BCUT2D eigenvalue weighted by Crippen LogP contribution is -2.37. The maximum Gasteiger partial charge on any atom is 0.326 e. The number of fused-ring (bicyclic) bond motifs is 1. The van der Waals surface area contributed by atoms with Gasteiger partial charge in [0, 0.05) is 11.1 Å². The van der Waals surface area contributed by atoms with Crippen molar-refractivity contribution in [1.29, 1.82) is 0 Å². The molecule has 0 unspecified atom stereocenters. The van der Waals surface area contributed by atoms with Crippen LogP contribution in [-0.4, -0.2) is 48.9 Å². The third-order valence-electron chi connectivity index (χ3n) is 5.34. The van der Waals surface area contributed by atoms with E-state index in [0.717, 1.165) is 23.3 Å². The number of hydrogen-bond donors (Lipinski definition) is 1. The number of nitrogens with one attached hydrogen (secondary N) is 1. The van der Waals surface area contributed by atoms with Gasteiger partial charge < -0.3 is 14.8 Å². The lowest BCUT2D eigenvalue weighted by molar-refractivity contribution is -0.154. The van der Waals surface area contributed by atoms with E-state index in [1.807, 2.05) is 0 Å². The number of methoxy groups -OCH3 is 1. The number of carbonyl (C=O) groups excluding carboxylic acids is 4. The summed E-state index contributed by atoms with van der Waals surface area (Å²) in [5.41, 5.74) is 1.14. The van der Waals surface area contributed by atoms with Crippen molar-refractivity contribution in [1.82, 2.24) is 4.90 Å². The van der Waals surface area contributed by atoms with Crippen LogP contribution in [0.2, 0.25) is 5.02 Å². The summed E-state index contributed by atoms with van der Waals surface area (Å²) in [5.74, 6) is -2.30. The van der Waals surface area contributed by atoms with Crippen molar-refractivity contribution < 1.29 is 28.7 Å². The van der Waals surface area contributed by atoms with Gasteiger partial charge in [-0.2, -0.15) is 0 Å². The van der Waals surface area contributed by atoms with Gasteiger partial charge in [0.25, 0.3) is 5.91 Å². The second kappa shape index (κ2) is 8.82. The molecule has 1 aliphatic carbocycles. The number of ether oxygens (including phenoxy) is 2. The Morgan fingerprint density at radius 2 is 1.79 bits per heavy atom. The van der Waals surface area contributed by atoms with Crippen molar-refractivity contribution >= 4 is 41.0 Å². The van der Waals surface area contributed by atoms with Crippen LogP contribution in [0.25, 0.3) is 0 Å². The van der Waals surface area contributed by atoms with Gasteiger partial charge in [0.05, 0.1) is 24.6 Å². The van der Waals surface area contributed by atoms with Crippen LogP contribution in [0, 0.1) is 18.8 Å². The number of halogens is 1. The summed E-state index contributed by atoms with van der Waals surface area (Å²) in [4.78, 5) is 50.0. The molecule has 2 aliphatic rings. The average Bonchev–Trinajstić information content (AvgIpc) is 2.94. The van der Waals surface area contributed by atoms with Crippen molar-refractivity contribution in [3.63, 3.8) is 0 Å². The van der Waals surface area contributed by atoms with Gasteiger partial charge in [-0.3, -0.25) is 24.1 Å². The van der Waals surface area contributed by atoms with Gasteiger partial charge in [0.15, 0.2) is 6.61 Å². The summed E-state index contributed by atoms with van der Waals surface area (Å²) in [7, 11) is 1.44. The van der Waals surface area contributed by atoms with Crippen LogP contribution in [0.15, 0.2) is 12.1 Å². The topological polar surface area (TPSA) is 102 Å². The molecule has 2 fully saturated rings. The minimum Gasteiger partial charge on any atom is -0.495 e. The predicted octanol–water partition coefficient (Wildman–Crippen LogP) is 2.31. The van der Waals surface area contributed by atoms with Crippen LogP contribution in [-0.2, 0) is 23.9 Å². The zero-order valence-electron chi connectivity index (χ0n) is 16.3. The SMILES string of the molecule is COc1cc(Cl)c(C)cc1NC(=O)COC(=O)CN1C(=O)[C@H]2CCCC[C@H]2C1=O. The Balaban J connectivity index is 1.53. The minimum atomic E-state index is -0.806. The van der Waals surface area contributed by atoms with Gasteiger partial charge >= 0.3 is 5.97 Å². The van der Waals surface area contributed by atoms with Crippen LogP contribution in [0.1, 0.15) is 31.2 Å². The highest BCUT2D eigenvalue weighted by molar-refractivity contribution is 6.31. The molecule has 1 aliphatic heterocycles. The van der Waals surface area contributed by atoms with Crippen molar-refractivity contribution in [2.75, 3.05) is 25.6 Å². The van der Waals surface area contributed by atoms with Gasteiger partial charge in [-0.05, 0) is 31.4 Å². The van der Waals surface area contributed by atoms with Gasteiger partial charge in [-0.1, -0.05) is 24.4 Å². The van der Waals surface area contributed by atoms with Crippen LogP contribution in [0.3, 0.4) is 0 Å². The van der Waals surface area contributed by atoms with Crippen molar-refractivity contribution in [3.8, 4) is 5.75 Å². The zero-order chi connectivity index (χ0) is 21.1. The van der Waals surface area contributed by atoms with Gasteiger partial charge in [0.1, 0.15) is 12.3 Å². The Labute approximate surface area is 173 Å². The maximum absolute atomic E-state index is 12.4. The highest BCUT2D eigenvalue weighted by Crippen LogP contribution is 2.37. The molecule has 0 bridgehead atoms. The fraction of sp³-hybridized carbons (Fsp3) is 0.500. The first-order valence-electron chi connectivity index (χ1n) is 9.46. The first-order chi connectivity index (χ1) is 13.8. The van der Waals surface area contributed by atoms with Crippen LogP contribution in [0.4, 0.5) is 5.69 Å². The molecule has 0 aromatic heterocycles. The fourth-order valence-electron chi connectivity index (χ4n) is 3.82. The molecule has 8 nitrogen and oxygen atoms in total. The molecule has 1 heterocycles. The van der Waals surface area contributed by atoms with Gasteiger partial charge in [-0.15, -0.1) is 0 Å². The summed E-state index contributed by atoms with van der Waals surface area (Å²) >= 11 is 6.03. The fourth-order valence-corrected chi connectivity index (χ4v) is 3.98. The summed E-state index contributed by atoms with van der Waals surface area (Å²) < 4.78 is 10.1. The molecule has 1 saturated carbocycles. The molecule has 9 heteroatoms. The highest BCUT2D eigenvalue weighted by atomic mass is 35.5. The Hall–Kier alpha value is -2.61. The number of carbonyl (C=O) groups is 4. The third kappa shape index (κ3) is 4.53. The Bertz CT molecular complexity index is 832. The van der Waals surface area contributed by atoms with Gasteiger partial charge in [0.2, 0.25) is 11.8 Å². The summed E-state index contributed by atoms with van der Waals surface area (Å²) in [5, 5.41) is 3.08. The summed E-state index contributed by atoms with van der Waals surface area (Å²) in [6.45, 7) is 0.757. The smallest absolute Gasteiger partial charge is 0.326 e. The van der Waals surface area contributed by atoms with E-state index in [2.05, 4.69) is 5.32 Å². The number of nitrogens with zero attached hydrogens (tertiary/aromatic N) is 1. The number of anilines is 1. The first kappa shape index (κ1) is 21.1. The molecule has 0 spiro atoms. The summed E-state index contributed by atoms with van der Waals surface area (Å²) in [6.07, 6.45) is 3.16. The Morgan fingerprint density at radius 1 is 1.17 bits per heavy atom. The number of amides is 3. The molecular formula is C20H23ClN2O6. The average molecular weight is 423 g/mol. The molecule has 0 radical (unpaired) electrons. The molecule has 29 heavy (non-hydrogen) atoms. The van der Waals surface area contributed by atoms with E-state index in [-0.39, 0.29) is 23.7 Å². The molecule has 1 aromatic rings. The normalized spacial score (nSPS) is 21.0. The molecular weight excluding hydrogens is 400 g/mol. The molecule has 3 amide bonds. The zero-order valence-corrected chi connectivity index (χ0v) is 17.1. The third-order valence-corrected chi connectivity index (χ3v) is 5.75. The molecule has 156 valence electrons. The molecule has 1 saturated heterocycles. The lowest BCUT2D eigenvalue weighted by Gasteiger charge is -2.19.